The van der Waals surface area contributed by atoms with Crippen molar-refractivity contribution in [2.24, 2.45) is 0 Å². The first-order valence-electron chi connectivity index (χ1n) is 11.4. The number of anilines is 1. The second kappa shape index (κ2) is 8.73. The molecule has 7 nitrogen and oxygen atoms in total. The lowest BCUT2D eigenvalue weighted by atomic mass is 9.65. The summed E-state index contributed by atoms with van der Waals surface area (Å²) in [5.41, 5.74) is -1.56. The lowest BCUT2D eigenvalue weighted by Gasteiger charge is -2.56. The normalized spacial score (nSPS) is 21.8. The minimum Gasteiger partial charge on any atom is -0.425 e. The van der Waals surface area contributed by atoms with E-state index in [1.165, 1.54) is 29.2 Å². The van der Waals surface area contributed by atoms with E-state index in [1.807, 2.05) is 0 Å². The fourth-order valence-electron chi connectivity index (χ4n) is 4.93. The number of terminal acetylenes is 1. The van der Waals surface area contributed by atoms with Gasteiger partial charge in [-0.05, 0) is 48.7 Å². The van der Waals surface area contributed by atoms with Crippen molar-refractivity contribution < 1.29 is 31.6 Å². The number of alkyl halides is 3. The Morgan fingerprint density at radius 2 is 1.84 bits per heavy atom. The first-order chi connectivity index (χ1) is 17.5. The van der Waals surface area contributed by atoms with Gasteiger partial charge in [0.25, 0.3) is 5.91 Å². The van der Waals surface area contributed by atoms with E-state index in [4.69, 9.17) is 10.8 Å². The van der Waals surface area contributed by atoms with E-state index >= 15 is 0 Å². The van der Waals surface area contributed by atoms with Gasteiger partial charge in [-0.15, -0.1) is 16.6 Å². The number of aryl methyl sites for hydroxylation is 1. The maximum Gasteiger partial charge on any atom is 0.416 e. The molecule has 1 aliphatic carbocycles. The van der Waals surface area contributed by atoms with Crippen molar-refractivity contribution in [1.82, 2.24) is 15.1 Å². The number of halogens is 4. The van der Waals surface area contributed by atoms with Gasteiger partial charge in [0.15, 0.2) is 0 Å². The highest BCUT2D eigenvalue weighted by atomic mass is 19.4. The number of rotatable bonds is 4. The van der Waals surface area contributed by atoms with Crippen molar-refractivity contribution in [2.45, 2.75) is 43.9 Å². The van der Waals surface area contributed by atoms with E-state index in [9.17, 15) is 27.2 Å². The summed E-state index contributed by atoms with van der Waals surface area (Å²) < 4.78 is 59.4. The van der Waals surface area contributed by atoms with Crippen molar-refractivity contribution >= 4 is 17.5 Å². The number of hydrogen-bond donors (Lipinski definition) is 0. The molecule has 1 aliphatic heterocycles. The molecule has 0 radical (unpaired) electrons. The molecule has 1 spiro atoms. The second-order valence-corrected chi connectivity index (χ2v) is 9.17. The maximum atomic E-state index is 14.9. The quantitative estimate of drug-likeness (QED) is 0.387. The predicted octanol–water partition coefficient (Wildman–Crippen LogP) is 4.21. The molecule has 1 aromatic heterocycles. The first-order valence-corrected chi connectivity index (χ1v) is 11.4. The van der Waals surface area contributed by atoms with Crippen molar-refractivity contribution in [3.8, 4) is 12.3 Å². The second-order valence-electron chi connectivity index (χ2n) is 9.17. The van der Waals surface area contributed by atoms with Gasteiger partial charge < -0.3 is 9.32 Å². The van der Waals surface area contributed by atoms with Crippen LogP contribution in [0.2, 0.25) is 0 Å². The smallest absolute Gasteiger partial charge is 0.416 e. The Hall–Kier alpha value is -4.20. The summed E-state index contributed by atoms with van der Waals surface area (Å²) in [6.45, 7) is 1.10. The van der Waals surface area contributed by atoms with Gasteiger partial charge in [-0.2, -0.15) is 13.2 Å². The van der Waals surface area contributed by atoms with Crippen LogP contribution in [-0.2, 0) is 22.3 Å². The van der Waals surface area contributed by atoms with Crippen molar-refractivity contribution in [2.75, 3.05) is 11.4 Å². The topological polar surface area (TPSA) is 79.5 Å². The van der Waals surface area contributed by atoms with Crippen LogP contribution in [0.5, 0.6) is 0 Å². The van der Waals surface area contributed by atoms with Gasteiger partial charge in [0.05, 0.1) is 11.3 Å². The summed E-state index contributed by atoms with van der Waals surface area (Å²) in [5.74, 6) is 0.950. The molecule has 2 amide bonds. The number of amides is 2. The molecule has 0 atom stereocenters. The average Bonchev–Trinajstić information content (AvgIpc) is 3.26. The van der Waals surface area contributed by atoms with Crippen LogP contribution >= 0.6 is 0 Å². The van der Waals surface area contributed by atoms with Crippen LogP contribution in [0.15, 0.2) is 46.9 Å². The SMILES string of the molecule is C#Cc1ccc(N2CC(=O)N(Cc3ccc(C(F)(F)F)cc3)C3(CC(c4nnc(C)o4)C3)C2=O)c(F)c1. The van der Waals surface area contributed by atoms with Crippen molar-refractivity contribution in [3.05, 3.63) is 76.8 Å². The zero-order chi connectivity index (χ0) is 26.5. The molecule has 1 saturated carbocycles. The van der Waals surface area contributed by atoms with Crippen LogP contribution in [0, 0.1) is 25.1 Å². The largest absolute Gasteiger partial charge is 0.425 e. The molecule has 2 heterocycles. The maximum absolute atomic E-state index is 14.9. The molecular weight excluding hydrogens is 492 g/mol. The highest BCUT2D eigenvalue weighted by Crippen LogP contribution is 2.51. The number of carbonyl (C=O) groups is 2. The van der Waals surface area contributed by atoms with Crippen LogP contribution < -0.4 is 4.90 Å². The van der Waals surface area contributed by atoms with Crippen molar-refractivity contribution in [1.29, 1.82) is 0 Å². The Balaban J connectivity index is 1.48. The van der Waals surface area contributed by atoms with E-state index in [0.29, 0.717) is 17.3 Å². The van der Waals surface area contributed by atoms with Gasteiger partial charge in [-0.25, -0.2) is 4.39 Å². The van der Waals surface area contributed by atoms with E-state index in [2.05, 4.69) is 16.1 Å². The molecule has 2 aromatic carbocycles. The molecule has 2 fully saturated rings. The lowest BCUT2D eigenvalue weighted by molar-refractivity contribution is -0.160. The molecule has 1 saturated heterocycles. The van der Waals surface area contributed by atoms with Gasteiger partial charge in [0, 0.05) is 24.9 Å². The fraction of sp³-hybridized carbons (Fsp3) is 0.308. The zero-order valence-electron chi connectivity index (χ0n) is 19.6. The van der Waals surface area contributed by atoms with Crippen LogP contribution in [0.3, 0.4) is 0 Å². The number of hydrogen-bond acceptors (Lipinski definition) is 5. The number of carbonyl (C=O) groups excluding carboxylic acids is 2. The van der Waals surface area contributed by atoms with Gasteiger partial charge in [-0.1, -0.05) is 18.1 Å². The molecule has 5 rings (SSSR count). The molecule has 11 heteroatoms. The van der Waals surface area contributed by atoms with Gasteiger partial charge >= 0.3 is 6.18 Å². The Kier molecular flexibility index (Phi) is 5.78. The summed E-state index contributed by atoms with van der Waals surface area (Å²) in [6.07, 6.45) is 1.11. The predicted molar refractivity (Wildman–Crippen MR) is 122 cm³/mol. The Morgan fingerprint density at radius 3 is 2.41 bits per heavy atom. The molecule has 0 bridgehead atoms. The minimum absolute atomic E-state index is 0.0806. The summed E-state index contributed by atoms with van der Waals surface area (Å²) in [7, 11) is 0. The van der Waals surface area contributed by atoms with Gasteiger partial charge in [0.1, 0.15) is 17.9 Å². The highest BCUT2D eigenvalue weighted by Gasteiger charge is 2.61. The summed E-state index contributed by atoms with van der Waals surface area (Å²) >= 11 is 0. The minimum atomic E-state index is -4.50. The third-order valence-electron chi connectivity index (χ3n) is 6.84. The fourth-order valence-corrected chi connectivity index (χ4v) is 4.93. The lowest BCUT2D eigenvalue weighted by Crippen LogP contribution is -2.72. The molecular formula is C26H20F4N4O3. The third-order valence-corrected chi connectivity index (χ3v) is 6.84. The van der Waals surface area contributed by atoms with Crippen molar-refractivity contribution in [3.63, 3.8) is 0 Å². The summed E-state index contributed by atoms with van der Waals surface area (Å²) in [4.78, 5) is 29.7. The molecule has 3 aromatic rings. The number of aromatic nitrogens is 2. The monoisotopic (exact) mass is 512 g/mol. The first kappa shape index (κ1) is 24.5. The van der Waals surface area contributed by atoms with E-state index in [0.717, 1.165) is 23.1 Å². The molecule has 0 N–H and O–H groups in total. The van der Waals surface area contributed by atoms with E-state index in [-0.39, 0.29) is 36.6 Å². The summed E-state index contributed by atoms with van der Waals surface area (Å²) in [5, 5.41) is 7.82. The van der Waals surface area contributed by atoms with Crippen LogP contribution in [0.4, 0.5) is 23.2 Å². The van der Waals surface area contributed by atoms with Crippen LogP contribution in [-0.4, -0.2) is 39.0 Å². The Labute approximate surface area is 209 Å². The van der Waals surface area contributed by atoms with Crippen LogP contribution in [0.25, 0.3) is 0 Å². The van der Waals surface area contributed by atoms with Gasteiger partial charge in [0.2, 0.25) is 17.7 Å². The molecule has 37 heavy (non-hydrogen) atoms. The highest BCUT2D eigenvalue weighted by molar-refractivity contribution is 6.10. The standard InChI is InChI=1S/C26H20F4N4O3/c1-3-16-6-9-21(20(27)10-16)33-14-22(35)34(13-17-4-7-19(8-5-17)26(28,29)30)25(24(33)36)11-18(12-25)23-32-31-15(2)37-23/h1,4-10,18H,11-14H2,2H3. The van der Waals surface area contributed by atoms with E-state index < -0.39 is 41.5 Å². The zero-order valence-corrected chi connectivity index (χ0v) is 19.6. The third kappa shape index (κ3) is 4.22. The number of benzene rings is 2. The Morgan fingerprint density at radius 1 is 1.14 bits per heavy atom. The average molecular weight is 512 g/mol. The molecule has 0 unspecified atom stereocenters. The number of piperazine rings is 1. The summed E-state index contributed by atoms with van der Waals surface area (Å²) in [6, 6.07) is 8.34. The van der Waals surface area contributed by atoms with E-state index in [1.54, 1.807) is 6.92 Å². The Bertz CT molecular complexity index is 1420. The number of nitrogens with zero attached hydrogens (tertiary/aromatic N) is 4. The van der Waals surface area contributed by atoms with Crippen LogP contribution in [0.1, 0.15) is 47.2 Å². The molecule has 2 aliphatic rings. The molecule has 190 valence electrons. The van der Waals surface area contributed by atoms with Gasteiger partial charge in [-0.3, -0.25) is 14.5 Å².